The number of carbonyl (C=O) groups is 1. The van der Waals surface area contributed by atoms with Crippen LogP contribution in [0.4, 0.5) is 5.69 Å². The van der Waals surface area contributed by atoms with Gasteiger partial charge in [-0.1, -0.05) is 23.2 Å². The largest absolute Gasteiger partial charge is 0.454 e. The summed E-state index contributed by atoms with van der Waals surface area (Å²) >= 11 is 12.3. The van der Waals surface area contributed by atoms with Gasteiger partial charge in [-0.25, -0.2) is 8.42 Å². The Kier molecular flexibility index (Phi) is 5.58. The highest BCUT2D eigenvalue weighted by molar-refractivity contribution is 7.89. The molecule has 11 heteroatoms. The van der Waals surface area contributed by atoms with Gasteiger partial charge in [0, 0.05) is 24.3 Å². The van der Waals surface area contributed by atoms with Crippen molar-refractivity contribution < 1.29 is 27.4 Å². The fourth-order valence-electron chi connectivity index (χ4n) is 3.01. The lowest BCUT2D eigenvalue weighted by molar-refractivity contribution is 0.0730. The van der Waals surface area contributed by atoms with E-state index in [1.165, 1.54) is 34.6 Å². The number of rotatable bonds is 4. The molecule has 1 fully saturated rings. The number of nitrogens with one attached hydrogen (secondary N) is 1. The summed E-state index contributed by atoms with van der Waals surface area (Å²) in [5.74, 6) is 0.269. The Hall–Kier alpha value is -2.04. The summed E-state index contributed by atoms with van der Waals surface area (Å²) in [7, 11) is -3.82. The molecule has 1 N–H and O–H groups in total. The summed E-state index contributed by atoms with van der Waals surface area (Å²) in [5.41, 5.74) is 0.520. The summed E-state index contributed by atoms with van der Waals surface area (Å²) in [6, 6.07) is 7.24. The van der Waals surface area contributed by atoms with Crippen molar-refractivity contribution in [1.82, 2.24) is 4.31 Å². The molecule has 1 amide bonds. The van der Waals surface area contributed by atoms with Crippen molar-refractivity contribution in [3.05, 3.63) is 45.9 Å². The zero-order chi connectivity index (χ0) is 20.6. The first kappa shape index (κ1) is 20.2. The molecule has 2 aromatic rings. The molecule has 0 aliphatic carbocycles. The highest BCUT2D eigenvalue weighted by atomic mass is 35.5. The van der Waals surface area contributed by atoms with Crippen LogP contribution in [0.5, 0.6) is 11.5 Å². The number of fused-ring (bicyclic) bond motifs is 1. The number of hydrogen-bond acceptors (Lipinski definition) is 6. The molecular weight excluding hydrogens is 443 g/mol. The molecule has 2 heterocycles. The summed E-state index contributed by atoms with van der Waals surface area (Å²) in [4.78, 5) is 12.6. The molecular formula is C18H16Cl2N2O6S. The van der Waals surface area contributed by atoms with E-state index in [2.05, 4.69) is 5.32 Å². The van der Waals surface area contributed by atoms with Gasteiger partial charge in [-0.15, -0.1) is 0 Å². The number of hydrogen-bond donors (Lipinski definition) is 1. The zero-order valence-electron chi connectivity index (χ0n) is 15.0. The molecule has 0 unspecified atom stereocenters. The van der Waals surface area contributed by atoms with Crippen molar-refractivity contribution in [2.75, 3.05) is 38.4 Å². The van der Waals surface area contributed by atoms with Gasteiger partial charge >= 0.3 is 0 Å². The van der Waals surface area contributed by atoms with Crippen LogP contribution in [0.25, 0.3) is 0 Å². The van der Waals surface area contributed by atoms with E-state index in [0.717, 1.165) is 0 Å². The van der Waals surface area contributed by atoms with Gasteiger partial charge in [0.1, 0.15) is 4.90 Å². The third kappa shape index (κ3) is 4.01. The molecule has 4 rings (SSSR count). The number of ether oxygens (including phenoxy) is 3. The first-order valence-corrected chi connectivity index (χ1v) is 10.8. The van der Waals surface area contributed by atoms with Crippen molar-refractivity contribution in [1.29, 1.82) is 0 Å². The van der Waals surface area contributed by atoms with E-state index < -0.39 is 15.9 Å². The quantitative estimate of drug-likeness (QED) is 0.756. The van der Waals surface area contributed by atoms with Gasteiger partial charge in [0.05, 0.1) is 23.3 Å². The summed E-state index contributed by atoms with van der Waals surface area (Å²) in [6.07, 6.45) is 0. The number of nitrogens with zero attached hydrogens (tertiary/aromatic N) is 1. The molecule has 0 saturated carbocycles. The lowest BCUT2D eigenvalue weighted by atomic mass is 10.2. The Labute approximate surface area is 177 Å². The van der Waals surface area contributed by atoms with Crippen molar-refractivity contribution >= 4 is 44.8 Å². The first-order chi connectivity index (χ1) is 13.9. The van der Waals surface area contributed by atoms with Crippen LogP contribution in [0.2, 0.25) is 10.0 Å². The molecule has 0 bridgehead atoms. The number of benzene rings is 2. The smallest absolute Gasteiger partial charge is 0.255 e. The number of anilines is 1. The van der Waals surface area contributed by atoms with Gasteiger partial charge in [-0.05, 0) is 30.3 Å². The Morgan fingerprint density at radius 3 is 2.55 bits per heavy atom. The predicted molar refractivity (Wildman–Crippen MR) is 107 cm³/mol. The Bertz CT molecular complexity index is 1070. The first-order valence-electron chi connectivity index (χ1n) is 8.64. The van der Waals surface area contributed by atoms with E-state index in [1.807, 2.05) is 0 Å². The van der Waals surface area contributed by atoms with E-state index in [1.54, 1.807) is 0 Å². The predicted octanol–water partition coefficient (Wildman–Crippen LogP) is 3.00. The molecule has 2 aliphatic heterocycles. The fourth-order valence-corrected chi connectivity index (χ4v) is 5.18. The number of halogens is 2. The average Bonchev–Trinajstić information content (AvgIpc) is 3.19. The Morgan fingerprint density at radius 2 is 1.79 bits per heavy atom. The van der Waals surface area contributed by atoms with Crippen LogP contribution in [0.1, 0.15) is 10.4 Å². The fraction of sp³-hybridized carbons (Fsp3) is 0.278. The molecule has 2 aliphatic rings. The third-order valence-electron chi connectivity index (χ3n) is 4.47. The highest BCUT2D eigenvalue weighted by Crippen LogP contribution is 2.40. The number of sulfonamides is 1. The molecule has 2 aromatic carbocycles. The van der Waals surface area contributed by atoms with E-state index in [4.69, 9.17) is 37.4 Å². The van der Waals surface area contributed by atoms with Crippen molar-refractivity contribution in [3.8, 4) is 11.5 Å². The SMILES string of the molecule is O=C(Nc1ccc(Cl)c(S(=O)(=O)N2CCOCC2)c1)c1cc(Cl)c2c(c1)OCO2. The molecule has 0 atom stereocenters. The minimum Gasteiger partial charge on any atom is -0.454 e. The van der Waals surface area contributed by atoms with Crippen LogP contribution < -0.4 is 14.8 Å². The molecule has 29 heavy (non-hydrogen) atoms. The van der Waals surface area contributed by atoms with Gasteiger partial charge in [-0.2, -0.15) is 4.31 Å². The number of morpholine rings is 1. The molecule has 0 radical (unpaired) electrons. The van der Waals surface area contributed by atoms with Gasteiger partial charge in [-0.3, -0.25) is 4.79 Å². The minimum absolute atomic E-state index is 0.0278. The summed E-state index contributed by atoms with van der Waals surface area (Å²) in [5, 5.41) is 2.98. The monoisotopic (exact) mass is 458 g/mol. The molecule has 0 aromatic heterocycles. The second-order valence-electron chi connectivity index (χ2n) is 6.31. The second kappa shape index (κ2) is 8.00. The van der Waals surface area contributed by atoms with Crippen LogP contribution in [-0.2, 0) is 14.8 Å². The van der Waals surface area contributed by atoms with E-state index in [0.29, 0.717) is 24.7 Å². The van der Waals surface area contributed by atoms with E-state index in [9.17, 15) is 13.2 Å². The van der Waals surface area contributed by atoms with Crippen molar-refractivity contribution in [3.63, 3.8) is 0 Å². The van der Waals surface area contributed by atoms with Gasteiger partial charge in [0.25, 0.3) is 5.91 Å². The second-order valence-corrected chi connectivity index (χ2v) is 9.03. The maximum absolute atomic E-state index is 12.9. The average molecular weight is 459 g/mol. The van der Waals surface area contributed by atoms with Crippen LogP contribution in [-0.4, -0.2) is 51.7 Å². The summed E-state index contributed by atoms with van der Waals surface area (Å²) in [6.45, 7) is 1.15. The normalized spacial score (nSPS) is 16.6. The van der Waals surface area contributed by atoms with Crippen LogP contribution in [0.3, 0.4) is 0 Å². The molecule has 154 valence electrons. The lowest BCUT2D eigenvalue weighted by Gasteiger charge is -2.26. The van der Waals surface area contributed by atoms with Crippen molar-refractivity contribution in [2.24, 2.45) is 0 Å². The minimum atomic E-state index is -3.82. The standard InChI is InChI=1S/C18H16Cl2N2O6S/c19-13-2-1-12(9-16(13)29(24,25)22-3-5-26-6-4-22)21-18(23)11-7-14(20)17-15(8-11)27-10-28-17/h1-2,7-9H,3-6,10H2,(H,21,23). The number of amides is 1. The third-order valence-corrected chi connectivity index (χ3v) is 7.13. The topological polar surface area (TPSA) is 94.2 Å². The lowest BCUT2D eigenvalue weighted by Crippen LogP contribution is -2.40. The Morgan fingerprint density at radius 1 is 1.03 bits per heavy atom. The maximum atomic E-state index is 12.9. The maximum Gasteiger partial charge on any atom is 0.255 e. The summed E-state index contributed by atoms with van der Waals surface area (Å²) < 4.78 is 42.8. The van der Waals surface area contributed by atoms with Gasteiger partial charge in [0.15, 0.2) is 11.5 Å². The van der Waals surface area contributed by atoms with E-state index >= 15 is 0 Å². The Balaban J connectivity index is 1.59. The molecule has 8 nitrogen and oxygen atoms in total. The number of carbonyl (C=O) groups excluding carboxylic acids is 1. The van der Waals surface area contributed by atoms with Gasteiger partial charge in [0.2, 0.25) is 16.8 Å². The van der Waals surface area contributed by atoms with E-state index in [-0.39, 0.29) is 46.1 Å². The molecule has 1 saturated heterocycles. The van der Waals surface area contributed by atoms with Crippen LogP contribution in [0.15, 0.2) is 35.2 Å². The molecule has 0 spiro atoms. The zero-order valence-corrected chi connectivity index (χ0v) is 17.3. The van der Waals surface area contributed by atoms with Crippen molar-refractivity contribution in [2.45, 2.75) is 4.90 Å². The van der Waals surface area contributed by atoms with Gasteiger partial charge < -0.3 is 19.5 Å². The van der Waals surface area contributed by atoms with Crippen LogP contribution in [0, 0.1) is 0 Å². The highest BCUT2D eigenvalue weighted by Gasteiger charge is 2.29. The van der Waals surface area contributed by atoms with Crippen LogP contribution >= 0.6 is 23.2 Å².